The lowest BCUT2D eigenvalue weighted by atomic mass is 9.97. The maximum atomic E-state index is 13.0. The Morgan fingerprint density at radius 2 is 0.947 bits per heavy atom. The predicted octanol–water partition coefficient (Wildman–Crippen LogP) is 3.41. The van der Waals surface area contributed by atoms with Crippen LogP contribution in [-0.4, -0.2) is 167 Å². The third kappa shape index (κ3) is 17.6. The number of carbonyl (C=O) groups is 7. The number of piperidine rings is 3. The highest BCUT2D eigenvalue weighted by Crippen LogP contribution is 2.39. The molecule has 1 aromatic heterocycles. The van der Waals surface area contributed by atoms with Gasteiger partial charge in [0.05, 0.1) is 12.1 Å². The zero-order valence-electron chi connectivity index (χ0n) is 44.9. The second-order valence-corrected chi connectivity index (χ2v) is 24.8. The van der Waals surface area contributed by atoms with Gasteiger partial charge in [0.1, 0.15) is 0 Å². The quantitative estimate of drug-likeness (QED) is 0.0442. The molecular weight excluding hydrogens is 1010 g/mol. The van der Waals surface area contributed by atoms with Crippen LogP contribution in [0.2, 0.25) is 0 Å². The van der Waals surface area contributed by atoms with E-state index in [9.17, 15) is 33.6 Å². The summed E-state index contributed by atoms with van der Waals surface area (Å²) < 4.78 is 0. The molecule has 8 rings (SSSR count). The molecule has 0 spiro atoms. The van der Waals surface area contributed by atoms with E-state index in [0.717, 1.165) is 127 Å². The van der Waals surface area contributed by atoms with Crippen LogP contribution in [0.4, 0.5) is 22.6 Å². The summed E-state index contributed by atoms with van der Waals surface area (Å²) in [5.74, 6) is 4.81. The molecule has 6 atom stereocenters. The maximum Gasteiger partial charge on any atom is 0.315 e. The van der Waals surface area contributed by atoms with E-state index in [2.05, 4.69) is 57.2 Å². The highest BCUT2D eigenvalue weighted by Gasteiger charge is 2.44. The van der Waals surface area contributed by atoms with E-state index in [-0.39, 0.29) is 71.7 Å². The molecular formula is C53H86N14O7S2. The first-order valence-electron chi connectivity index (χ1n) is 28.9. The minimum absolute atomic E-state index is 0.0219. The van der Waals surface area contributed by atoms with Crippen molar-refractivity contribution in [1.29, 1.82) is 0 Å². The van der Waals surface area contributed by atoms with Gasteiger partial charge in [-0.15, -0.1) is 0 Å². The molecule has 0 aliphatic carbocycles. The van der Waals surface area contributed by atoms with Gasteiger partial charge in [-0.1, -0.05) is 25.7 Å². The molecule has 7 aliphatic rings. The molecule has 0 saturated carbocycles. The minimum atomic E-state index is -0.0676. The van der Waals surface area contributed by atoms with E-state index in [4.69, 9.17) is 15.0 Å². The van der Waals surface area contributed by atoms with E-state index in [1.807, 2.05) is 23.5 Å². The molecule has 1 aromatic rings. The average molecular weight is 1100 g/mol. The number of aromatic nitrogens is 3. The number of nitrogens with zero attached hydrogens (tertiary/aromatic N) is 6. The highest BCUT2D eigenvalue weighted by molar-refractivity contribution is 8.00. The first-order valence-corrected chi connectivity index (χ1v) is 31.0. The highest BCUT2D eigenvalue weighted by atomic mass is 32.2. The van der Waals surface area contributed by atoms with Crippen LogP contribution in [0.5, 0.6) is 0 Å². The molecule has 0 bridgehead atoms. The van der Waals surface area contributed by atoms with Gasteiger partial charge in [0.25, 0.3) is 0 Å². The van der Waals surface area contributed by atoms with Gasteiger partial charge >= 0.3 is 6.03 Å². The third-order valence-electron chi connectivity index (χ3n) is 16.3. The lowest BCUT2D eigenvalue weighted by molar-refractivity contribution is -0.123. The molecule has 0 radical (unpaired) electrons. The van der Waals surface area contributed by atoms with Gasteiger partial charge in [-0.2, -0.15) is 38.5 Å². The van der Waals surface area contributed by atoms with Crippen LogP contribution in [0, 0.1) is 5.92 Å². The summed E-state index contributed by atoms with van der Waals surface area (Å²) in [7, 11) is 0. The van der Waals surface area contributed by atoms with Crippen molar-refractivity contribution in [2.24, 2.45) is 5.92 Å². The summed E-state index contributed by atoms with van der Waals surface area (Å²) in [6, 6.07) is 0.941. The fourth-order valence-corrected chi connectivity index (χ4v) is 15.1. The van der Waals surface area contributed by atoms with Crippen molar-refractivity contribution in [3.63, 3.8) is 0 Å². The number of rotatable bonds is 28. The number of urea groups is 1. The molecule has 8 N–H and O–H groups in total. The van der Waals surface area contributed by atoms with E-state index in [1.165, 1.54) is 0 Å². The summed E-state index contributed by atoms with van der Waals surface area (Å²) in [6.07, 6.45) is 18.0. The Balaban J connectivity index is 0.689. The van der Waals surface area contributed by atoms with Crippen molar-refractivity contribution in [1.82, 2.24) is 57.5 Å². The Morgan fingerprint density at radius 3 is 1.43 bits per heavy atom. The number of anilines is 3. The maximum absolute atomic E-state index is 13.0. The monoisotopic (exact) mass is 1090 g/mol. The molecule has 23 heteroatoms. The number of carbonyl (C=O) groups excluding carboxylic acids is 7. The number of amides is 8. The molecule has 7 saturated heterocycles. The van der Waals surface area contributed by atoms with Crippen molar-refractivity contribution in [2.75, 3.05) is 78.6 Å². The number of unbranched alkanes of at least 4 members (excludes halogenated alkanes) is 6. The van der Waals surface area contributed by atoms with Crippen molar-refractivity contribution < 1.29 is 33.6 Å². The Kier molecular flexibility index (Phi) is 22.1. The predicted molar refractivity (Wildman–Crippen MR) is 297 cm³/mol. The van der Waals surface area contributed by atoms with Gasteiger partial charge < -0.3 is 57.2 Å². The summed E-state index contributed by atoms with van der Waals surface area (Å²) in [5.41, 5.74) is 0. The molecule has 76 heavy (non-hydrogen) atoms. The molecule has 0 aromatic carbocycles. The molecule has 8 heterocycles. The average Bonchev–Trinajstić information content (AvgIpc) is 4.18. The Hall–Kier alpha value is -4.80. The standard InChI is InChI=1S/C53H86N14O7S2/c1-35(68)56-37-18-26-65(27-19-37)50-62-51(66-28-20-38(21-29-66)57-45(71)16-4-2-10-24-54-43(69)14-8-6-12-41-48-36(33-75-41)32-47(73)60-48)64-52(63-50)67-30-22-39(23-31-67)58-46(72)17-5-3-11-25-55-44(70)15-9-7-13-42-49-40(34-76-42)59-53(74)61-49/h36-42,48-49H,2-34H2,1H3,(H,54,69)(H,55,70)(H,56,68)(H,57,71)(H,58,72)(H,60,73)(H2,59,61,74)/t36?,40?,41-,42?,48?,49?/m0/s1. The topological polar surface area (TPSA) is 264 Å². The Labute approximate surface area is 457 Å². The van der Waals surface area contributed by atoms with Crippen molar-refractivity contribution in [3.8, 4) is 0 Å². The smallest absolute Gasteiger partial charge is 0.315 e. The molecule has 21 nitrogen and oxygen atoms in total. The zero-order chi connectivity index (χ0) is 53.2. The number of hydrogen-bond donors (Lipinski definition) is 8. The Morgan fingerprint density at radius 1 is 0.513 bits per heavy atom. The molecule has 7 aliphatic heterocycles. The van der Waals surface area contributed by atoms with Crippen LogP contribution < -0.4 is 57.2 Å². The van der Waals surface area contributed by atoms with Gasteiger partial charge in [-0.25, -0.2) is 4.79 Å². The van der Waals surface area contributed by atoms with Crippen LogP contribution in [0.15, 0.2) is 0 Å². The molecule has 8 amide bonds. The van der Waals surface area contributed by atoms with Crippen molar-refractivity contribution in [2.45, 2.75) is 201 Å². The van der Waals surface area contributed by atoms with E-state index in [0.29, 0.717) is 125 Å². The summed E-state index contributed by atoms with van der Waals surface area (Å²) in [4.78, 5) is 108. The Bertz CT molecular complexity index is 2000. The minimum Gasteiger partial charge on any atom is -0.356 e. The van der Waals surface area contributed by atoms with Crippen LogP contribution in [0.25, 0.3) is 0 Å². The first-order chi connectivity index (χ1) is 36.9. The summed E-state index contributed by atoms with van der Waals surface area (Å²) in [6.45, 7) is 7.01. The largest absolute Gasteiger partial charge is 0.356 e. The van der Waals surface area contributed by atoms with Gasteiger partial charge in [0.15, 0.2) is 0 Å². The van der Waals surface area contributed by atoms with Crippen molar-refractivity contribution in [3.05, 3.63) is 0 Å². The second kappa shape index (κ2) is 29.3. The lowest BCUT2D eigenvalue weighted by Gasteiger charge is -2.36. The number of hydrogen-bond acceptors (Lipinski definition) is 15. The molecule has 422 valence electrons. The molecule has 5 unspecified atom stereocenters. The van der Waals surface area contributed by atoms with Crippen LogP contribution in [0.1, 0.15) is 155 Å². The van der Waals surface area contributed by atoms with Gasteiger partial charge in [0.2, 0.25) is 53.3 Å². The SMILES string of the molecule is CC(=O)NC1CCN(c2nc(N3CCC(NC(=O)CCCCCNC(=O)CCCCC4SCC5NC(=O)NC54)CC3)nc(N3CCC(NC(=O)CCCCCNC(=O)CCCC[C@@H]4SCC5CC(=O)NC54)CC3)n2)CC1. The van der Waals surface area contributed by atoms with Crippen LogP contribution in [0.3, 0.4) is 0 Å². The second-order valence-electron chi connectivity index (χ2n) is 22.2. The third-order valence-corrected chi connectivity index (χ3v) is 19.4. The van der Waals surface area contributed by atoms with Gasteiger partial charge in [-0.3, -0.25) is 28.8 Å². The fourth-order valence-electron chi connectivity index (χ4n) is 11.9. The number of fused-ring (bicyclic) bond motifs is 2. The lowest BCUT2D eigenvalue weighted by Crippen LogP contribution is -2.47. The number of nitrogens with one attached hydrogen (secondary N) is 8. The zero-order valence-corrected chi connectivity index (χ0v) is 46.5. The van der Waals surface area contributed by atoms with Crippen LogP contribution in [-0.2, 0) is 28.8 Å². The van der Waals surface area contributed by atoms with Gasteiger partial charge in [0, 0.05) is 132 Å². The van der Waals surface area contributed by atoms with E-state index < -0.39 is 0 Å². The van der Waals surface area contributed by atoms with Crippen molar-refractivity contribution >= 4 is 82.8 Å². The fraction of sp³-hybridized carbons (Fsp3) is 0.811. The van der Waals surface area contributed by atoms with Crippen LogP contribution >= 0.6 is 23.5 Å². The summed E-state index contributed by atoms with van der Waals surface area (Å²) in [5, 5.41) is 25.7. The normalized spacial score (nSPS) is 24.8. The van der Waals surface area contributed by atoms with Gasteiger partial charge in [-0.05, 0) is 102 Å². The number of thioether (sulfide) groups is 2. The van der Waals surface area contributed by atoms with E-state index in [1.54, 1.807) is 6.92 Å². The van der Waals surface area contributed by atoms with E-state index >= 15 is 0 Å². The summed E-state index contributed by atoms with van der Waals surface area (Å²) >= 11 is 3.87. The first kappa shape index (κ1) is 57.4. The molecule has 7 fully saturated rings.